The zero-order valence-corrected chi connectivity index (χ0v) is 33.9. The summed E-state index contributed by atoms with van der Waals surface area (Å²) in [5.41, 5.74) is 5.72. The van der Waals surface area contributed by atoms with Crippen molar-refractivity contribution in [3.8, 4) is 56.4 Å². The molecule has 6 nitrogen and oxygen atoms in total. The molecular weight excluding hydrogens is 769 g/mol. The normalized spacial score (nSPS) is 11.2. The monoisotopic (exact) mass is 806 g/mol. The van der Waals surface area contributed by atoms with Crippen molar-refractivity contribution in [2.45, 2.75) is 0 Å². The van der Waals surface area contributed by atoms with Gasteiger partial charge in [0, 0.05) is 22.3 Å². The lowest BCUT2D eigenvalue weighted by atomic mass is 9.92. The van der Waals surface area contributed by atoms with E-state index < -0.39 is 11.9 Å². The minimum atomic E-state index is -0.440. The Labute approximate surface area is 358 Å². The number of ether oxygens (including phenoxy) is 4. The Hall–Kier alpha value is -8.22. The predicted molar refractivity (Wildman–Crippen MR) is 248 cm³/mol. The second kappa shape index (κ2) is 16.1. The first-order valence-corrected chi connectivity index (χ1v) is 20.3. The van der Waals surface area contributed by atoms with E-state index in [9.17, 15) is 9.59 Å². The molecule has 298 valence electrons. The zero-order chi connectivity index (χ0) is 42.2. The molecule has 0 aromatic heterocycles. The van der Waals surface area contributed by atoms with Gasteiger partial charge < -0.3 is 18.9 Å². The van der Waals surface area contributed by atoms with E-state index in [1.54, 1.807) is 12.1 Å². The smallest absolute Gasteiger partial charge is 0.337 e. The number of esters is 2. The van der Waals surface area contributed by atoms with Gasteiger partial charge in [-0.25, -0.2) is 9.59 Å². The summed E-state index contributed by atoms with van der Waals surface area (Å²) < 4.78 is 24.5. The molecule has 0 aliphatic rings. The zero-order valence-electron chi connectivity index (χ0n) is 33.9. The fourth-order valence-corrected chi connectivity index (χ4v) is 8.32. The van der Waals surface area contributed by atoms with Crippen LogP contribution < -0.4 is 9.47 Å². The molecule has 10 rings (SSSR count). The largest absolute Gasteiger partial charge is 0.465 e. The highest BCUT2D eigenvalue weighted by molar-refractivity contribution is 6.10. The van der Waals surface area contributed by atoms with E-state index in [0.29, 0.717) is 34.1 Å². The van der Waals surface area contributed by atoms with Crippen LogP contribution in [0.1, 0.15) is 20.7 Å². The van der Waals surface area contributed by atoms with Crippen LogP contribution >= 0.6 is 0 Å². The average molecular weight is 807 g/mol. The van der Waals surface area contributed by atoms with Gasteiger partial charge in [-0.1, -0.05) is 133 Å². The van der Waals surface area contributed by atoms with E-state index in [0.717, 1.165) is 76.5 Å². The van der Waals surface area contributed by atoms with Crippen molar-refractivity contribution in [3.05, 3.63) is 205 Å². The molecule has 0 bridgehead atoms. The van der Waals surface area contributed by atoms with Gasteiger partial charge in [-0.15, -0.1) is 0 Å². The lowest BCUT2D eigenvalue weighted by Crippen LogP contribution is -2.02. The number of fused-ring (bicyclic) bond motifs is 4. The summed E-state index contributed by atoms with van der Waals surface area (Å²) in [7, 11) is 2.76. The summed E-state index contributed by atoms with van der Waals surface area (Å²) in [5, 5.41) is 8.28. The molecule has 0 saturated heterocycles. The van der Waals surface area contributed by atoms with Crippen molar-refractivity contribution >= 4 is 55.0 Å². The Morgan fingerprint density at radius 2 is 0.694 bits per heavy atom. The van der Waals surface area contributed by atoms with Crippen LogP contribution in [0.3, 0.4) is 0 Å². The molecule has 10 aromatic carbocycles. The Morgan fingerprint density at radius 3 is 1.11 bits per heavy atom. The first-order valence-electron chi connectivity index (χ1n) is 20.3. The molecule has 0 heterocycles. The molecule has 0 amide bonds. The molecule has 62 heavy (non-hydrogen) atoms. The third kappa shape index (κ3) is 7.03. The number of hydrogen-bond acceptors (Lipinski definition) is 6. The fraction of sp³-hybridized carbons (Fsp3) is 0.0357. The minimum Gasteiger partial charge on any atom is -0.465 e. The molecule has 0 N–H and O–H groups in total. The predicted octanol–water partition coefficient (Wildman–Crippen LogP) is 14.5. The van der Waals surface area contributed by atoms with Gasteiger partial charge in [-0.3, -0.25) is 0 Å². The van der Waals surface area contributed by atoms with Crippen molar-refractivity contribution < 1.29 is 28.5 Å². The maximum Gasteiger partial charge on any atom is 0.337 e. The molecule has 0 aliphatic carbocycles. The van der Waals surface area contributed by atoms with Gasteiger partial charge in [0.2, 0.25) is 0 Å². The van der Waals surface area contributed by atoms with Crippen LogP contribution in [0.25, 0.3) is 76.5 Å². The second-order valence-corrected chi connectivity index (χ2v) is 15.1. The van der Waals surface area contributed by atoms with Gasteiger partial charge >= 0.3 is 11.9 Å². The standard InChI is InChI=1S/C56H38O6/c1-59-55(57)43-25-27-49(47(33-43)41-21-19-35-11-3-5-15-39(35)31-41)61-51-29-23-37-13-7-9-17-45(37)53(51)54-46-18-10-8-14-38(46)24-30-52(54)62-50-28-26-44(56(58)60-2)34-48(50)42-22-20-36-12-4-6-16-40(36)32-42/h3-34H,1-2H3. The molecular formula is C56H38O6. The number of rotatable bonds is 9. The molecule has 0 spiro atoms. The van der Waals surface area contributed by atoms with Gasteiger partial charge in [0.15, 0.2) is 0 Å². The quantitative estimate of drug-likeness (QED) is 0.135. The highest BCUT2D eigenvalue weighted by atomic mass is 16.5. The molecule has 0 fully saturated rings. The summed E-state index contributed by atoms with van der Waals surface area (Å²) in [4.78, 5) is 25.8. The van der Waals surface area contributed by atoms with Crippen LogP contribution in [-0.2, 0) is 9.47 Å². The third-order valence-corrected chi connectivity index (χ3v) is 11.4. The minimum absolute atomic E-state index is 0.409. The summed E-state index contributed by atoms with van der Waals surface area (Å²) in [6.07, 6.45) is 0. The van der Waals surface area contributed by atoms with Crippen LogP contribution in [0.2, 0.25) is 0 Å². The van der Waals surface area contributed by atoms with Crippen molar-refractivity contribution in [3.63, 3.8) is 0 Å². The number of carbonyl (C=O) groups excluding carboxylic acids is 2. The van der Waals surface area contributed by atoms with Crippen LogP contribution in [0.4, 0.5) is 0 Å². The van der Waals surface area contributed by atoms with Gasteiger partial charge in [0.1, 0.15) is 23.0 Å². The van der Waals surface area contributed by atoms with E-state index in [-0.39, 0.29) is 0 Å². The van der Waals surface area contributed by atoms with Gasteiger partial charge in [-0.05, 0) is 115 Å². The van der Waals surface area contributed by atoms with E-state index >= 15 is 0 Å². The highest BCUT2D eigenvalue weighted by Gasteiger charge is 2.23. The van der Waals surface area contributed by atoms with Crippen LogP contribution in [0.15, 0.2) is 194 Å². The molecule has 0 saturated carbocycles. The van der Waals surface area contributed by atoms with E-state index in [1.165, 1.54) is 14.2 Å². The van der Waals surface area contributed by atoms with Crippen LogP contribution in [0, 0.1) is 0 Å². The number of benzene rings is 10. The lowest BCUT2D eigenvalue weighted by Gasteiger charge is -2.21. The van der Waals surface area contributed by atoms with Crippen molar-refractivity contribution in [2.75, 3.05) is 14.2 Å². The van der Waals surface area contributed by atoms with Crippen molar-refractivity contribution in [2.24, 2.45) is 0 Å². The summed E-state index contributed by atoms with van der Waals surface area (Å²) in [6, 6.07) is 64.1. The maximum atomic E-state index is 12.9. The molecule has 0 radical (unpaired) electrons. The average Bonchev–Trinajstić information content (AvgIpc) is 3.33. The van der Waals surface area contributed by atoms with Crippen molar-refractivity contribution in [1.82, 2.24) is 0 Å². The summed E-state index contributed by atoms with van der Waals surface area (Å²) in [5.74, 6) is 1.42. The molecule has 10 aromatic rings. The Kier molecular flexibility index (Phi) is 9.87. The van der Waals surface area contributed by atoms with E-state index in [1.807, 2.05) is 97.1 Å². The van der Waals surface area contributed by atoms with Gasteiger partial charge in [0.25, 0.3) is 0 Å². The molecule has 0 unspecified atom stereocenters. The lowest BCUT2D eigenvalue weighted by molar-refractivity contribution is 0.0592. The maximum absolute atomic E-state index is 12.9. The van der Waals surface area contributed by atoms with Crippen molar-refractivity contribution in [1.29, 1.82) is 0 Å². The number of hydrogen-bond donors (Lipinski definition) is 0. The van der Waals surface area contributed by atoms with E-state index in [4.69, 9.17) is 18.9 Å². The van der Waals surface area contributed by atoms with Crippen LogP contribution in [0.5, 0.6) is 23.0 Å². The van der Waals surface area contributed by atoms with Crippen LogP contribution in [-0.4, -0.2) is 26.2 Å². The SMILES string of the molecule is COC(=O)c1ccc(Oc2ccc3ccccc3c2-c2c(Oc3ccc(C(=O)OC)cc3-c3ccc4ccccc4c3)ccc3ccccc23)c(-c2ccc3ccccc3c2)c1. The number of carbonyl (C=O) groups is 2. The first kappa shape index (κ1) is 38.0. The Balaban J connectivity index is 1.18. The molecule has 6 heteroatoms. The first-order chi connectivity index (χ1) is 30.4. The summed E-state index contributed by atoms with van der Waals surface area (Å²) in [6.45, 7) is 0. The van der Waals surface area contributed by atoms with E-state index in [2.05, 4.69) is 84.9 Å². The Morgan fingerprint density at radius 1 is 0.339 bits per heavy atom. The highest BCUT2D eigenvalue weighted by Crippen LogP contribution is 2.49. The van der Waals surface area contributed by atoms with Gasteiger partial charge in [0.05, 0.1) is 25.3 Å². The molecule has 0 atom stereocenters. The fourth-order valence-electron chi connectivity index (χ4n) is 8.32. The molecule has 0 aliphatic heterocycles. The topological polar surface area (TPSA) is 71.1 Å². The third-order valence-electron chi connectivity index (χ3n) is 11.4. The Bertz CT molecular complexity index is 3160. The van der Waals surface area contributed by atoms with Gasteiger partial charge in [-0.2, -0.15) is 0 Å². The second-order valence-electron chi connectivity index (χ2n) is 15.1. The summed E-state index contributed by atoms with van der Waals surface area (Å²) >= 11 is 0. The number of methoxy groups -OCH3 is 2.